The number of benzene rings is 1. The Morgan fingerprint density at radius 3 is 3.09 bits per heavy atom. The van der Waals surface area contributed by atoms with Gasteiger partial charge in [0.25, 0.3) is 0 Å². The number of urea groups is 1. The summed E-state index contributed by atoms with van der Waals surface area (Å²) in [5.74, 6) is 0.416. The second kappa shape index (κ2) is 6.17. The van der Waals surface area contributed by atoms with E-state index < -0.39 is 0 Å². The van der Waals surface area contributed by atoms with E-state index in [0.717, 1.165) is 29.9 Å². The molecular weight excluding hydrogens is 285 g/mol. The van der Waals surface area contributed by atoms with Crippen molar-refractivity contribution in [3.05, 3.63) is 53.2 Å². The van der Waals surface area contributed by atoms with Crippen molar-refractivity contribution in [3.63, 3.8) is 0 Å². The van der Waals surface area contributed by atoms with Gasteiger partial charge in [0.2, 0.25) is 0 Å². The molecule has 0 spiro atoms. The molecule has 1 atom stereocenters. The van der Waals surface area contributed by atoms with Crippen LogP contribution in [0.15, 0.2) is 34.9 Å². The number of nitrogens with zero attached hydrogens (tertiary/aromatic N) is 2. The maximum absolute atomic E-state index is 13.1. The van der Waals surface area contributed by atoms with E-state index in [1.54, 1.807) is 17.0 Å². The third-order valence-electron chi connectivity index (χ3n) is 3.82. The molecule has 1 aromatic carbocycles. The molecule has 0 bridgehead atoms. The SMILES string of the molecule is Cc1cc(C2CCCN2C(=O)NCc2cccc(F)c2)on1. The summed E-state index contributed by atoms with van der Waals surface area (Å²) in [4.78, 5) is 14.1. The van der Waals surface area contributed by atoms with Crippen LogP contribution in [0.2, 0.25) is 0 Å². The summed E-state index contributed by atoms with van der Waals surface area (Å²) >= 11 is 0. The van der Waals surface area contributed by atoms with Gasteiger partial charge in [-0.3, -0.25) is 0 Å². The molecule has 2 aromatic rings. The van der Waals surface area contributed by atoms with Crippen LogP contribution in [0.5, 0.6) is 0 Å². The molecule has 1 fully saturated rings. The van der Waals surface area contributed by atoms with E-state index in [1.807, 2.05) is 13.0 Å². The van der Waals surface area contributed by atoms with Crippen molar-refractivity contribution in [1.29, 1.82) is 0 Å². The van der Waals surface area contributed by atoms with E-state index in [9.17, 15) is 9.18 Å². The molecule has 1 saturated heterocycles. The molecular formula is C16H18FN3O2. The fourth-order valence-electron chi connectivity index (χ4n) is 2.77. The van der Waals surface area contributed by atoms with Gasteiger partial charge in [-0.1, -0.05) is 17.3 Å². The number of nitrogens with one attached hydrogen (secondary N) is 1. The Morgan fingerprint density at radius 1 is 1.50 bits per heavy atom. The van der Waals surface area contributed by atoms with Crippen molar-refractivity contribution < 1.29 is 13.7 Å². The quantitative estimate of drug-likeness (QED) is 0.947. The molecule has 2 heterocycles. The Hall–Kier alpha value is -2.37. The zero-order valence-electron chi connectivity index (χ0n) is 12.4. The first kappa shape index (κ1) is 14.6. The highest BCUT2D eigenvalue weighted by Gasteiger charge is 2.32. The minimum atomic E-state index is -0.303. The molecule has 2 amide bonds. The summed E-state index contributed by atoms with van der Waals surface area (Å²) in [6.45, 7) is 2.84. The number of carbonyl (C=O) groups is 1. The molecule has 1 aliphatic rings. The third-order valence-corrected chi connectivity index (χ3v) is 3.82. The number of likely N-dealkylation sites (tertiary alicyclic amines) is 1. The van der Waals surface area contributed by atoms with Crippen molar-refractivity contribution in [2.45, 2.75) is 32.4 Å². The molecule has 22 heavy (non-hydrogen) atoms. The highest BCUT2D eigenvalue weighted by atomic mass is 19.1. The van der Waals surface area contributed by atoms with Gasteiger partial charge in [0.05, 0.1) is 11.7 Å². The maximum atomic E-state index is 13.1. The summed E-state index contributed by atoms with van der Waals surface area (Å²) < 4.78 is 18.4. The predicted octanol–water partition coefficient (Wildman–Crippen LogP) is 3.17. The van der Waals surface area contributed by atoms with Crippen LogP contribution < -0.4 is 5.32 Å². The van der Waals surface area contributed by atoms with Crippen LogP contribution in [0.3, 0.4) is 0 Å². The molecule has 116 valence electrons. The number of rotatable bonds is 3. The van der Waals surface area contributed by atoms with Crippen molar-refractivity contribution in [3.8, 4) is 0 Å². The third kappa shape index (κ3) is 3.10. The zero-order chi connectivity index (χ0) is 15.5. The highest BCUT2D eigenvalue weighted by molar-refractivity contribution is 5.75. The Labute approximate surface area is 128 Å². The van der Waals surface area contributed by atoms with Crippen molar-refractivity contribution >= 4 is 6.03 Å². The first-order chi connectivity index (χ1) is 10.6. The van der Waals surface area contributed by atoms with Crippen molar-refractivity contribution in [2.24, 2.45) is 0 Å². The van der Waals surface area contributed by atoms with Crippen molar-refractivity contribution in [1.82, 2.24) is 15.4 Å². The molecule has 3 rings (SSSR count). The van der Waals surface area contributed by atoms with E-state index >= 15 is 0 Å². The number of halogens is 1. The predicted molar refractivity (Wildman–Crippen MR) is 78.6 cm³/mol. The number of carbonyl (C=O) groups excluding carboxylic acids is 1. The van der Waals surface area contributed by atoms with Gasteiger partial charge in [-0.2, -0.15) is 0 Å². The van der Waals surface area contributed by atoms with E-state index in [0.29, 0.717) is 13.1 Å². The summed E-state index contributed by atoms with van der Waals surface area (Å²) in [6.07, 6.45) is 1.79. The lowest BCUT2D eigenvalue weighted by Crippen LogP contribution is -2.39. The second-order valence-electron chi connectivity index (χ2n) is 5.51. The smallest absolute Gasteiger partial charge is 0.318 e. The minimum Gasteiger partial charge on any atom is -0.359 e. The number of hydrogen-bond acceptors (Lipinski definition) is 3. The van der Waals surface area contributed by atoms with E-state index in [4.69, 9.17) is 4.52 Å². The summed E-state index contributed by atoms with van der Waals surface area (Å²) in [6, 6.07) is 7.84. The summed E-state index contributed by atoms with van der Waals surface area (Å²) in [7, 11) is 0. The molecule has 0 radical (unpaired) electrons. The lowest BCUT2D eigenvalue weighted by molar-refractivity contribution is 0.182. The number of hydrogen-bond donors (Lipinski definition) is 1. The Morgan fingerprint density at radius 2 is 2.36 bits per heavy atom. The summed E-state index contributed by atoms with van der Waals surface area (Å²) in [5.41, 5.74) is 1.54. The average molecular weight is 303 g/mol. The van der Waals surface area contributed by atoms with Crippen LogP contribution in [-0.2, 0) is 6.54 Å². The largest absolute Gasteiger partial charge is 0.359 e. The monoisotopic (exact) mass is 303 g/mol. The van der Waals surface area contributed by atoms with Crippen LogP contribution >= 0.6 is 0 Å². The molecule has 5 nitrogen and oxygen atoms in total. The van der Waals surface area contributed by atoms with Crippen LogP contribution in [-0.4, -0.2) is 22.6 Å². The molecule has 1 aromatic heterocycles. The minimum absolute atomic E-state index is 0.0753. The second-order valence-corrected chi connectivity index (χ2v) is 5.51. The molecule has 0 saturated carbocycles. The standard InChI is InChI=1S/C16H18FN3O2/c1-11-8-15(22-19-11)14-6-3-7-20(14)16(21)18-10-12-4-2-5-13(17)9-12/h2,4-5,8-9,14H,3,6-7,10H2,1H3,(H,18,21). The average Bonchev–Trinajstić information content (AvgIpc) is 3.13. The molecule has 1 aliphatic heterocycles. The number of amides is 2. The topological polar surface area (TPSA) is 58.4 Å². The van der Waals surface area contributed by atoms with Crippen LogP contribution in [0.1, 0.15) is 35.9 Å². The fraction of sp³-hybridized carbons (Fsp3) is 0.375. The number of aromatic nitrogens is 1. The molecule has 1 unspecified atom stereocenters. The first-order valence-corrected chi connectivity index (χ1v) is 7.35. The van der Waals surface area contributed by atoms with E-state index in [1.165, 1.54) is 12.1 Å². The maximum Gasteiger partial charge on any atom is 0.318 e. The normalized spacial score (nSPS) is 17.7. The Balaban J connectivity index is 1.64. The van der Waals surface area contributed by atoms with Gasteiger partial charge in [0.1, 0.15) is 5.82 Å². The zero-order valence-corrected chi connectivity index (χ0v) is 12.4. The van der Waals surface area contributed by atoms with Gasteiger partial charge in [0, 0.05) is 19.2 Å². The molecule has 0 aliphatic carbocycles. The molecule has 6 heteroatoms. The van der Waals surface area contributed by atoms with Gasteiger partial charge in [-0.05, 0) is 37.5 Å². The fourth-order valence-corrected chi connectivity index (χ4v) is 2.77. The van der Waals surface area contributed by atoms with Gasteiger partial charge < -0.3 is 14.7 Å². The van der Waals surface area contributed by atoms with Gasteiger partial charge in [0.15, 0.2) is 5.76 Å². The number of aryl methyl sites for hydroxylation is 1. The van der Waals surface area contributed by atoms with Gasteiger partial charge >= 0.3 is 6.03 Å². The molecule has 1 N–H and O–H groups in total. The first-order valence-electron chi connectivity index (χ1n) is 7.35. The van der Waals surface area contributed by atoms with Crippen LogP contribution in [0, 0.1) is 12.7 Å². The Bertz CT molecular complexity index is 671. The van der Waals surface area contributed by atoms with E-state index in [-0.39, 0.29) is 17.9 Å². The van der Waals surface area contributed by atoms with Gasteiger partial charge in [-0.25, -0.2) is 9.18 Å². The Kier molecular flexibility index (Phi) is 4.09. The highest BCUT2D eigenvalue weighted by Crippen LogP contribution is 2.32. The lowest BCUT2D eigenvalue weighted by atomic mass is 10.1. The lowest BCUT2D eigenvalue weighted by Gasteiger charge is -2.23. The van der Waals surface area contributed by atoms with Crippen LogP contribution in [0.25, 0.3) is 0 Å². The summed E-state index contributed by atoms with van der Waals surface area (Å²) in [5, 5.41) is 6.72. The van der Waals surface area contributed by atoms with Crippen LogP contribution in [0.4, 0.5) is 9.18 Å². The van der Waals surface area contributed by atoms with E-state index in [2.05, 4.69) is 10.5 Å². The van der Waals surface area contributed by atoms with Crippen molar-refractivity contribution in [2.75, 3.05) is 6.54 Å². The van der Waals surface area contributed by atoms with Gasteiger partial charge in [-0.15, -0.1) is 0 Å².